The third-order valence-corrected chi connectivity index (χ3v) is 4.85. The maximum absolute atomic E-state index is 4.03. The molecule has 0 aliphatic rings. The number of hydrogen-bond donors (Lipinski definition) is 1. The number of benzene rings is 1. The van der Waals surface area contributed by atoms with Crippen LogP contribution < -0.4 is 5.32 Å². The lowest BCUT2D eigenvalue weighted by Gasteiger charge is -2.14. The summed E-state index contributed by atoms with van der Waals surface area (Å²) >= 11 is 5.40. The fourth-order valence-corrected chi connectivity index (χ4v) is 3.27. The Bertz CT molecular complexity index is 531. The molecule has 0 bridgehead atoms. The molecule has 0 amide bonds. The molecule has 2 nitrogen and oxygen atoms in total. The quantitative estimate of drug-likeness (QED) is 0.858. The summed E-state index contributed by atoms with van der Waals surface area (Å²) in [6.45, 7) is 5.28. The molecular formula is C15H17BrN2S. The third kappa shape index (κ3) is 4.06. The van der Waals surface area contributed by atoms with Crippen molar-refractivity contribution >= 4 is 27.7 Å². The Labute approximate surface area is 127 Å². The molecule has 19 heavy (non-hydrogen) atoms. The molecule has 1 aromatic heterocycles. The molecule has 1 heterocycles. The molecule has 4 heteroatoms. The first-order chi connectivity index (χ1) is 9.20. The van der Waals surface area contributed by atoms with Gasteiger partial charge in [-0.2, -0.15) is 0 Å². The van der Waals surface area contributed by atoms with Crippen LogP contribution in [0.4, 0.5) is 0 Å². The van der Waals surface area contributed by atoms with Crippen molar-refractivity contribution in [3.63, 3.8) is 0 Å². The highest BCUT2D eigenvalue weighted by Crippen LogP contribution is 2.34. The van der Waals surface area contributed by atoms with Gasteiger partial charge in [0.25, 0.3) is 0 Å². The van der Waals surface area contributed by atoms with Crippen molar-refractivity contribution in [1.29, 1.82) is 0 Å². The van der Waals surface area contributed by atoms with E-state index in [-0.39, 0.29) is 0 Å². The molecule has 0 spiro atoms. The van der Waals surface area contributed by atoms with E-state index >= 15 is 0 Å². The zero-order valence-corrected chi connectivity index (χ0v) is 13.5. The Hall–Kier alpha value is -0.840. The second-order valence-electron chi connectivity index (χ2n) is 4.25. The van der Waals surface area contributed by atoms with Gasteiger partial charge >= 0.3 is 0 Å². The lowest BCUT2D eigenvalue weighted by molar-refractivity contribution is 0.597. The molecule has 0 aliphatic carbocycles. The summed E-state index contributed by atoms with van der Waals surface area (Å²) in [4.78, 5) is 6.45. The predicted molar refractivity (Wildman–Crippen MR) is 84.6 cm³/mol. The fourth-order valence-electron chi connectivity index (χ4n) is 1.83. The predicted octanol–water partition coefficient (Wildman–Crippen LogP) is 4.67. The van der Waals surface area contributed by atoms with Crippen LogP contribution in [0.3, 0.4) is 0 Å². The van der Waals surface area contributed by atoms with Crippen molar-refractivity contribution in [2.24, 2.45) is 0 Å². The number of hydrogen-bond acceptors (Lipinski definition) is 3. The molecule has 2 rings (SSSR count). The van der Waals surface area contributed by atoms with E-state index < -0.39 is 0 Å². The molecule has 1 unspecified atom stereocenters. The highest BCUT2D eigenvalue weighted by molar-refractivity contribution is 9.10. The second-order valence-corrected chi connectivity index (χ2v) is 6.22. The van der Waals surface area contributed by atoms with Crippen molar-refractivity contribution in [2.45, 2.75) is 29.7 Å². The lowest BCUT2D eigenvalue weighted by Crippen LogP contribution is -2.17. The summed E-state index contributed by atoms with van der Waals surface area (Å²) in [5.74, 6) is 0. The van der Waals surface area contributed by atoms with Crippen molar-refractivity contribution in [3.8, 4) is 0 Å². The van der Waals surface area contributed by atoms with Gasteiger partial charge in [-0.25, -0.2) is 0 Å². The minimum atomic E-state index is 0.376. The topological polar surface area (TPSA) is 24.9 Å². The van der Waals surface area contributed by atoms with E-state index in [1.165, 1.54) is 15.4 Å². The van der Waals surface area contributed by atoms with Gasteiger partial charge < -0.3 is 5.32 Å². The number of halogens is 1. The average Bonchev–Trinajstić information content (AvgIpc) is 2.42. The van der Waals surface area contributed by atoms with Crippen LogP contribution in [-0.4, -0.2) is 11.5 Å². The van der Waals surface area contributed by atoms with E-state index in [0.29, 0.717) is 6.04 Å². The highest BCUT2D eigenvalue weighted by Gasteiger charge is 2.08. The smallest absolute Gasteiger partial charge is 0.0318 e. The normalized spacial score (nSPS) is 12.4. The maximum Gasteiger partial charge on any atom is 0.0318 e. The van der Waals surface area contributed by atoms with Crippen LogP contribution in [0.15, 0.2) is 57.0 Å². The number of aromatic nitrogens is 1. The van der Waals surface area contributed by atoms with E-state index in [2.05, 4.69) is 58.3 Å². The van der Waals surface area contributed by atoms with Gasteiger partial charge in [-0.1, -0.05) is 24.8 Å². The number of rotatable bonds is 5. The van der Waals surface area contributed by atoms with Crippen LogP contribution >= 0.6 is 27.7 Å². The summed E-state index contributed by atoms with van der Waals surface area (Å²) in [5.41, 5.74) is 1.30. The SMILES string of the molecule is CCNC(C)c1ccc(Sc2ccncc2)c(Br)c1. The fraction of sp³-hybridized carbons (Fsp3) is 0.267. The number of nitrogens with zero attached hydrogens (tertiary/aromatic N) is 1. The van der Waals surface area contributed by atoms with E-state index in [4.69, 9.17) is 0 Å². The summed E-state index contributed by atoms with van der Waals surface area (Å²) < 4.78 is 1.14. The number of pyridine rings is 1. The monoisotopic (exact) mass is 336 g/mol. The van der Waals surface area contributed by atoms with Crippen LogP contribution in [0.1, 0.15) is 25.5 Å². The molecule has 0 aliphatic heterocycles. The Morgan fingerprint density at radius 2 is 2.00 bits per heavy atom. The Kier molecular flexibility index (Phi) is 5.43. The van der Waals surface area contributed by atoms with Gasteiger partial charge in [0.15, 0.2) is 0 Å². The van der Waals surface area contributed by atoms with Gasteiger partial charge in [0.2, 0.25) is 0 Å². The van der Waals surface area contributed by atoms with Gasteiger partial charge in [0, 0.05) is 32.7 Å². The molecule has 100 valence electrons. The van der Waals surface area contributed by atoms with E-state index in [0.717, 1.165) is 11.0 Å². The molecule has 1 aromatic carbocycles. The van der Waals surface area contributed by atoms with Crippen LogP contribution in [0.2, 0.25) is 0 Å². The van der Waals surface area contributed by atoms with E-state index in [9.17, 15) is 0 Å². The first kappa shape index (κ1) is 14.6. The van der Waals surface area contributed by atoms with Gasteiger partial charge in [-0.3, -0.25) is 4.98 Å². The van der Waals surface area contributed by atoms with Gasteiger partial charge in [0.05, 0.1) is 0 Å². The standard InChI is InChI=1S/C15H17BrN2S/c1-3-18-11(2)12-4-5-15(14(16)10-12)19-13-6-8-17-9-7-13/h4-11,18H,3H2,1-2H3. The Morgan fingerprint density at radius 1 is 1.26 bits per heavy atom. The van der Waals surface area contributed by atoms with Crippen LogP contribution in [-0.2, 0) is 0 Å². The number of nitrogens with one attached hydrogen (secondary N) is 1. The molecule has 1 N–H and O–H groups in total. The van der Waals surface area contributed by atoms with Gasteiger partial charge in [-0.05, 0) is 59.2 Å². The molecule has 0 saturated carbocycles. The Balaban J connectivity index is 2.15. The lowest BCUT2D eigenvalue weighted by atomic mass is 10.1. The van der Waals surface area contributed by atoms with Crippen molar-refractivity contribution in [1.82, 2.24) is 10.3 Å². The zero-order valence-electron chi connectivity index (χ0n) is 11.1. The zero-order chi connectivity index (χ0) is 13.7. The summed E-state index contributed by atoms with van der Waals surface area (Å²) in [6, 6.07) is 11.0. The average molecular weight is 337 g/mol. The first-order valence-corrected chi connectivity index (χ1v) is 7.92. The summed E-state index contributed by atoms with van der Waals surface area (Å²) in [7, 11) is 0. The largest absolute Gasteiger partial charge is 0.310 e. The highest BCUT2D eigenvalue weighted by atomic mass is 79.9. The summed E-state index contributed by atoms with van der Waals surface area (Å²) in [6.07, 6.45) is 3.63. The van der Waals surface area contributed by atoms with Crippen molar-refractivity contribution < 1.29 is 0 Å². The molecule has 0 fully saturated rings. The van der Waals surface area contributed by atoms with E-state index in [1.807, 2.05) is 24.5 Å². The summed E-state index contributed by atoms with van der Waals surface area (Å²) in [5, 5.41) is 3.42. The first-order valence-electron chi connectivity index (χ1n) is 6.31. The van der Waals surface area contributed by atoms with Crippen LogP contribution in [0, 0.1) is 0 Å². The van der Waals surface area contributed by atoms with Gasteiger partial charge in [-0.15, -0.1) is 0 Å². The minimum Gasteiger partial charge on any atom is -0.310 e. The molecule has 1 atom stereocenters. The molecule has 0 saturated heterocycles. The van der Waals surface area contributed by atoms with Crippen molar-refractivity contribution in [2.75, 3.05) is 6.54 Å². The second kappa shape index (κ2) is 7.08. The van der Waals surface area contributed by atoms with Crippen molar-refractivity contribution in [3.05, 3.63) is 52.8 Å². The maximum atomic E-state index is 4.03. The Morgan fingerprint density at radius 3 is 2.63 bits per heavy atom. The molecule has 2 aromatic rings. The minimum absolute atomic E-state index is 0.376. The van der Waals surface area contributed by atoms with Gasteiger partial charge in [0.1, 0.15) is 0 Å². The van der Waals surface area contributed by atoms with Crippen LogP contribution in [0.5, 0.6) is 0 Å². The van der Waals surface area contributed by atoms with Crippen LogP contribution in [0.25, 0.3) is 0 Å². The molecular weight excluding hydrogens is 320 g/mol. The molecule has 0 radical (unpaired) electrons. The van der Waals surface area contributed by atoms with E-state index in [1.54, 1.807) is 11.8 Å². The third-order valence-electron chi connectivity index (χ3n) is 2.84.